The van der Waals surface area contributed by atoms with E-state index >= 15 is 0 Å². The highest BCUT2D eigenvalue weighted by Crippen LogP contribution is 2.13. The third-order valence-electron chi connectivity index (χ3n) is 1.96. The molecule has 1 unspecified atom stereocenters. The van der Waals surface area contributed by atoms with Gasteiger partial charge in [0.25, 0.3) is 0 Å². The van der Waals surface area contributed by atoms with Crippen molar-refractivity contribution in [3.8, 4) is 0 Å². The van der Waals surface area contributed by atoms with Gasteiger partial charge in [-0.15, -0.1) is 0 Å². The highest BCUT2D eigenvalue weighted by atomic mass is 35.5. The Bertz CT molecular complexity index is 306. The Morgan fingerprint density at radius 1 is 1.47 bits per heavy atom. The normalized spacial score (nSPS) is 12.9. The molecular weight excluding hydrogens is 214 g/mol. The summed E-state index contributed by atoms with van der Waals surface area (Å²) in [5.74, 6) is 1.17. The van der Waals surface area contributed by atoms with Gasteiger partial charge < -0.3 is 10.4 Å². The molecule has 0 aliphatic rings. The summed E-state index contributed by atoms with van der Waals surface area (Å²) in [6, 6.07) is 1.65. The second-order valence-corrected chi connectivity index (χ2v) is 4.27. The maximum Gasteiger partial charge on any atom is 0.134 e. The second-order valence-electron chi connectivity index (χ2n) is 3.88. The summed E-state index contributed by atoms with van der Waals surface area (Å²) in [4.78, 5) is 7.80. The van der Waals surface area contributed by atoms with Crippen molar-refractivity contribution in [2.45, 2.75) is 26.3 Å². The van der Waals surface area contributed by atoms with Gasteiger partial charge in [-0.2, -0.15) is 0 Å². The standard InChI is InChI=1S/C10H16ClN3O/c1-7(2)3-8(5-15)14-10-4-9(11)12-6-13-10/h4,6-8,15H,3,5H2,1-2H3,(H,12,13,14). The van der Waals surface area contributed by atoms with E-state index in [0.717, 1.165) is 6.42 Å². The molecule has 5 heteroatoms. The predicted molar refractivity (Wildman–Crippen MR) is 61.0 cm³/mol. The van der Waals surface area contributed by atoms with Crippen LogP contribution in [0.3, 0.4) is 0 Å². The second kappa shape index (κ2) is 5.88. The van der Waals surface area contributed by atoms with Crippen molar-refractivity contribution >= 4 is 17.4 Å². The maximum atomic E-state index is 9.17. The molecule has 0 saturated heterocycles. The number of hydrogen-bond donors (Lipinski definition) is 2. The molecule has 0 saturated carbocycles. The molecule has 0 aliphatic heterocycles. The molecule has 0 spiro atoms. The first-order valence-corrected chi connectivity index (χ1v) is 5.34. The first-order valence-electron chi connectivity index (χ1n) is 4.96. The van der Waals surface area contributed by atoms with Crippen LogP contribution in [0.2, 0.25) is 5.15 Å². The fourth-order valence-corrected chi connectivity index (χ4v) is 1.52. The largest absolute Gasteiger partial charge is 0.394 e. The highest BCUT2D eigenvalue weighted by molar-refractivity contribution is 6.29. The van der Waals surface area contributed by atoms with E-state index < -0.39 is 0 Å². The molecule has 0 amide bonds. The maximum absolute atomic E-state index is 9.17. The smallest absolute Gasteiger partial charge is 0.134 e. The van der Waals surface area contributed by atoms with Gasteiger partial charge in [-0.3, -0.25) is 0 Å². The molecule has 0 aliphatic carbocycles. The number of aliphatic hydroxyl groups excluding tert-OH is 1. The van der Waals surface area contributed by atoms with Crippen molar-refractivity contribution < 1.29 is 5.11 Å². The zero-order valence-corrected chi connectivity index (χ0v) is 9.70. The molecule has 1 heterocycles. The monoisotopic (exact) mass is 229 g/mol. The van der Waals surface area contributed by atoms with Gasteiger partial charge in [0.2, 0.25) is 0 Å². The number of hydrogen-bond acceptors (Lipinski definition) is 4. The lowest BCUT2D eigenvalue weighted by atomic mass is 10.0. The molecular formula is C10H16ClN3O. The molecule has 1 aromatic heterocycles. The van der Waals surface area contributed by atoms with Crippen LogP contribution in [0.5, 0.6) is 0 Å². The third-order valence-corrected chi connectivity index (χ3v) is 2.17. The van der Waals surface area contributed by atoms with Gasteiger partial charge in [0, 0.05) is 6.07 Å². The minimum absolute atomic E-state index is 0.0102. The van der Waals surface area contributed by atoms with Gasteiger partial charge in [0.1, 0.15) is 17.3 Å². The van der Waals surface area contributed by atoms with Crippen LogP contribution in [0.25, 0.3) is 0 Å². The van der Waals surface area contributed by atoms with E-state index in [2.05, 4.69) is 29.1 Å². The lowest BCUT2D eigenvalue weighted by Crippen LogP contribution is -2.26. The van der Waals surface area contributed by atoms with Crippen LogP contribution in [-0.4, -0.2) is 27.7 Å². The Kier molecular flexibility index (Phi) is 4.78. The van der Waals surface area contributed by atoms with Gasteiger partial charge in [0.05, 0.1) is 12.6 Å². The summed E-state index contributed by atoms with van der Waals surface area (Å²) in [6.45, 7) is 4.30. The lowest BCUT2D eigenvalue weighted by molar-refractivity contribution is 0.259. The van der Waals surface area contributed by atoms with E-state index in [9.17, 15) is 0 Å². The molecule has 15 heavy (non-hydrogen) atoms. The van der Waals surface area contributed by atoms with E-state index in [1.807, 2.05) is 0 Å². The zero-order valence-electron chi connectivity index (χ0n) is 8.94. The highest BCUT2D eigenvalue weighted by Gasteiger charge is 2.10. The Morgan fingerprint density at radius 3 is 2.73 bits per heavy atom. The number of nitrogens with one attached hydrogen (secondary N) is 1. The zero-order chi connectivity index (χ0) is 11.3. The third kappa shape index (κ3) is 4.44. The van der Waals surface area contributed by atoms with Crippen molar-refractivity contribution in [2.75, 3.05) is 11.9 Å². The fraction of sp³-hybridized carbons (Fsp3) is 0.600. The molecule has 1 atom stereocenters. The predicted octanol–water partition coefficient (Wildman–Crippen LogP) is 1.95. The van der Waals surface area contributed by atoms with Gasteiger partial charge in [-0.25, -0.2) is 9.97 Å². The summed E-state index contributed by atoms with van der Waals surface area (Å²) in [5.41, 5.74) is 0. The van der Waals surface area contributed by atoms with Crippen LogP contribution in [0.15, 0.2) is 12.4 Å². The van der Waals surface area contributed by atoms with Crippen LogP contribution in [0.1, 0.15) is 20.3 Å². The van der Waals surface area contributed by atoms with E-state index in [0.29, 0.717) is 16.9 Å². The quantitative estimate of drug-likeness (QED) is 0.758. The summed E-state index contributed by atoms with van der Waals surface area (Å²) in [5, 5.41) is 12.7. The van der Waals surface area contributed by atoms with Crippen LogP contribution in [0, 0.1) is 5.92 Å². The van der Waals surface area contributed by atoms with Crippen LogP contribution in [-0.2, 0) is 0 Å². The molecule has 0 bridgehead atoms. The topological polar surface area (TPSA) is 58.0 Å². The first kappa shape index (κ1) is 12.2. The van der Waals surface area contributed by atoms with Crippen LogP contribution in [0.4, 0.5) is 5.82 Å². The Balaban J connectivity index is 2.58. The van der Waals surface area contributed by atoms with Gasteiger partial charge in [-0.05, 0) is 12.3 Å². The van der Waals surface area contributed by atoms with Crippen molar-refractivity contribution in [2.24, 2.45) is 5.92 Å². The van der Waals surface area contributed by atoms with E-state index in [4.69, 9.17) is 16.7 Å². The number of aliphatic hydroxyl groups is 1. The van der Waals surface area contributed by atoms with Crippen LogP contribution < -0.4 is 5.32 Å². The molecule has 2 N–H and O–H groups in total. The van der Waals surface area contributed by atoms with Crippen LogP contribution >= 0.6 is 11.6 Å². The van der Waals surface area contributed by atoms with Gasteiger partial charge in [-0.1, -0.05) is 25.4 Å². The molecule has 0 aromatic carbocycles. The Morgan fingerprint density at radius 2 is 2.20 bits per heavy atom. The molecule has 4 nitrogen and oxygen atoms in total. The average Bonchev–Trinajstić information content (AvgIpc) is 2.16. The van der Waals surface area contributed by atoms with Crippen molar-refractivity contribution in [3.63, 3.8) is 0 Å². The Labute approximate surface area is 94.7 Å². The number of nitrogens with zero attached hydrogens (tertiary/aromatic N) is 2. The number of aromatic nitrogens is 2. The molecule has 84 valence electrons. The Hall–Kier alpha value is -0.870. The average molecular weight is 230 g/mol. The SMILES string of the molecule is CC(C)CC(CO)Nc1cc(Cl)ncn1. The number of halogens is 1. The summed E-state index contributed by atoms with van der Waals surface area (Å²) in [6.07, 6.45) is 2.28. The van der Waals surface area contributed by atoms with E-state index in [1.54, 1.807) is 6.07 Å². The fourth-order valence-electron chi connectivity index (χ4n) is 1.37. The van der Waals surface area contributed by atoms with Crippen molar-refractivity contribution in [3.05, 3.63) is 17.5 Å². The van der Waals surface area contributed by atoms with Gasteiger partial charge >= 0.3 is 0 Å². The number of rotatable bonds is 5. The molecule has 0 radical (unpaired) electrons. The number of anilines is 1. The minimum Gasteiger partial charge on any atom is -0.394 e. The minimum atomic E-state index is 0.0102. The summed E-state index contributed by atoms with van der Waals surface area (Å²) in [7, 11) is 0. The van der Waals surface area contributed by atoms with Gasteiger partial charge in [0.15, 0.2) is 0 Å². The molecule has 0 fully saturated rings. The lowest BCUT2D eigenvalue weighted by Gasteiger charge is -2.18. The summed E-state index contributed by atoms with van der Waals surface area (Å²) >= 11 is 5.72. The van der Waals surface area contributed by atoms with Crippen molar-refractivity contribution in [1.29, 1.82) is 0 Å². The first-order chi connectivity index (χ1) is 7.11. The molecule has 1 aromatic rings. The van der Waals surface area contributed by atoms with Crippen molar-refractivity contribution in [1.82, 2.24) is 9.97 Å². The van der Waals surface area contributed by atoms with E-state index in [1.165, 1.54) is 6.33 Å². The van der Waals surface area contributed by atoms with E-state index in [-0.39, 0.29) is 12.6 Å². The molecule has 1 rings (SSSR count). The summed E-state index contributed by atoms with van der Waals surface area (Å²) < 4.78 is 0.